The van der Waals surface area contributed by atoms with Gasteiger partial charge in [-0.3, -0.25) is 9.59 Å². The Balaban J connectivity index is 1.55. The van der Waals surface area contributed by atoms with Crippen molar-refractivity contribution in [3.63, 3.8) is 0 Å². The Morgan fingerprint density at radius 3 is 2.66 bits per heavy atom. The van der Waals surface area contributed by atoms with Crippen molar-refractivity contribution >= 4 is 23.2 Å². The Kier molecular flexibility index (Phi) is 4.81. The molecule has 1 aliphatic heterocycles. The summed E-state index contributed by atoms with van der Waals surface area (Å²) in [4.78, 5) is 26.0. The van der Waals surface area contributed by atoms with E-state index in [1.165, 1.54) is 6.20 Å². The predicted molar refractivity (Wildman–Crippen MR) is 122 cm³/mol. The summed E-state index contributed by atoms with van der Waals surface area (Å²) in [6.45, 7) is 4.03. The molecule has 0 saturated carbocycles. The van der Waals surface area contributed by atoms with E-state index in [9.17, 15) is 14.7 Å². The fourth-order valence-electron chi connectivity index (χ4n) is 4.41. The van der Waals surface area contributed by atoms with Gasteiger partial charge in [-0.1, -0.05) is 18.2 Å². The summed E-state index contributed by atoms with van der Waals surface area (Å²) in [5.41, 5.74) is 5.74. The maximum absolute atomic E-state index is 13.1. The number of nitrogens with zero attached hydrogens (tertiary/aromatic N) is 2. The van der Waals surface area contributed by atoms with Crippen LogP contribution in [0.1, 0.15) is 52.4 Å². The van der Waals surface area contributed by atoms with Crippen LogP contribution in [0.2, 0.25) is 0 Å². The van der Waals surface area contributed by atoms with Crippen LogP contribution in [0.5, 0.6) is 5.75 Å². The molecule has 1 aromatic heterocycles. The minimum atomic E-state index is -0.446. The molecule has 0 unspecified atom stereocenters. The highest BCUT2D eigenvalue weighted by Crippen LogP contribution is 2.41. The van der Waals surface area contributed by atoms with Crippen LogP contribution in [0, 0.1) is 13.8 Å². The zero-order valence-electron chi connectivity index (χ0n) is 18.0. The topological polar surface area (TPSA) is 96.3 Å². The predicted octanol–water partition coefficient (Wildman–Crippen LogP) is 4.48. The van der Waals surface area contributed by atoms with Gasteiger partial charge < -0.3 is 15.7 Å². The van der Waals surface area contributed by atoms with Gasteiger partial charge in [-0.25, -0.2) is 4.68 Å². The number of aromatic nitrogens is 2. The monoisotopic (exact) mass is 428 g/mol. The first-order valence-corrected chi connectivity index (χ1v) is 10.7. The number of aryl methyl sites for hydroxylation is 2. The number of phenols is 1. The van der Waals surface area contributed by atoms with E-state index >= 15 is 0 Å². The number of allylic oxidation sites excluding steroid dienone is 2. The highest BCUT2D eigenvalue weighted by atomic mass is 16.3. The molecule has 2 heterocycles. The van der Waals surface area contributed by atoms with E-state index in [2.05, 4.69) is 15.7 Å². The second-order valence-corrected chi connectivity index (χ2v) is 8.39. The molecule has 7 nitrogen and oxygen atoms in total. The summed E-state index contributed by atoms with van der Waals surface area (Å²) >= 11 is 0. The SMILES string of the molecule is Cc1ccc(NC(=O)c2cnn3c2NC2=C(C(=O)CCC2)[C@@H]3c2ccc(O)cc2)cc1C. The van der Waals surface area contributed by atoms with Crippen LogP contribution in [0.3, 0.4) is 0 Å². The van der Waals surface area contributed by atoms with Gasteiger partial charge in [-0.15, -0.1) is 0 Å². The van der Waals surface area contributed by atoms with Gasteiger partial charge in [0.15, 0.2) is 5.78 Å². The largest absolute Gasteiger partial charge is 0.508 e. The normalized spacial score (nSPS) is 17.4. The first-order chi connectivity index (χ1) is 15.4. The van der Waals surface area contributed by atoms with Gasteiger partial charge in [0.1, 0.15) is 23.2 Å². The maximum Gasteiger partial charge on any atom is 0.261 e. The van der Waals surface area contributed by atoms with E-state index in [-0.39, 0.29) is 17.4 Å². The number of aromatic hydroxyl groups is 1. The lowest BCUT2D eigenvalue weighted by molar-refractivity contribution is -0.116. The Morgan fingerprint density at radius 1 is 1.12 bits per heavy atom. The first kappa shape index (κ1) is 20.1. The molecule has 1 atom stereocenters. The lowest BCUT2D eigenvalue weighted by Crippen LogP contribution is -2.32. The molecular formula is C25H24N4O3. The second kappa shape index (κ2) is 7.67. The number of fused-ring (bicyclic) bond motifs is 1. The number of benzene rings is 2. The number of ketones is 1. The number of Topliss-reactive ketones (excluding diaryl/α,β-unsaturated/α-hetero) is 1. The molecular weight excluding hydrogens is 404 g/mol. The summed E-state index contributed by atoms with van der Waals surface area (Å²) in [5.74, 6) is 0.538. The van der Waals surface area contributed by atoms with Gasteiger partial charge >= 0.3 is 0 Å². The Hall–Kier alpha value is -3.87. The lowest BCUT2D eigenvalue weighted by Gasteiger charge is -2.33. The van der Waals surface area contributed by atoms with Crippen molar-refractivity contribution in [2.45, 2.75) is 39.2 Å². The number of carbonyl (C=O) groups excluding carboxylic acids is 2. The summed E-state index contributed by atoms with van der Waals surface area (Å²) in [6.07, 6.45) is 3.53. The van der Waals surface area contributed by atoms with Crippen molar-refractivity contribution in [1.29, 1.82) is 0 Å². The number of amides is 1. The summed E-state index contributed by atoms with van der Waals surface area (Å²) < 4.78 is 1.70. The van der Waals surface area contributed by atoms with E-state index < -0.39 is 6.04 Å². The number of hydrogen-bond donors (Lipinski definition) is 3. The van der Waals surface area contributed by atoms with E-state index in [1.807, 2.05) is 32.0 Å². The summed E-state index contributed by atoms with van der Waals surface area (Å²) in [5, 5.41) is 20.5. The molecule has 2 aliphatic rings. The number of anilines is 2. The third-order valence-electron chi connectivity index (χ3n) is 6.26. The van der Waals surface area contributed by atoms with Crippen LogP contribution in [0.15, 0.2) is 59.9 Å². The van der Waals surface area contributed by atoms with Crippen molar-refractivity contribution in [3.8, 4) is 5.75 Å². The highest BCUT2D eigenvalue weighted by molar-refractivity contribution is 6.08. The fraction of sp³-hybridized carbons (Fsp3) is 0.240. The van der Waals surface area contributed by atoms with Crippen molar-refractivity contribution in [1.82, 2.24) is 9.78 Å². The Labute approximate surface area is 185 Å². The molecule has 0 spiro atoms. The molecule has 0 saturated heterocycles. The van der Waals surface area contributed by atoms with Crippen LogP contribution in [-0.2, 0) is 4.79 Å². The van der Waals surface area contributed by atoms with Gasteiger partial charge in [0.05, 0.1) is 6.20 Å². The smallest absolute Gasteiger partial charge is 0.261 e. The van der Waals surface area contributed by atoms with E-state index in [4.69, 9.17) is 0 Å². The zero-order chi connectivity index (χ0) is 22.4. The summed E-state index contributed by atoms with van der Waals surface area (Å²) in [7, 11) is 0. The van der Waals surface area contributed by atoms with Crippen molar-refractivity contribution in [3.05, 3.63) is 82.2 Å². The van der Waals surface area contributed by atoms with Gasteiger partial charge in [-0.05, 0) is 67.6 Å². The number of carbonyl (C=O) groups is 2. The zero-order valence-corrected chi connectivity index (χ0v) is 18.0. The average Bonchev–Trinajstić information content (AvgIpc) is 3.19. The third-order valence-corrected chi connectivity index (χ3v) is 6.26. The van der Waals surface area contributed by atoms with Crippen LogP contribution < -0.4 is 10.6 Å². The molecule has 1 amide bonds. The first-order valence-electron chi connectivity index (χ1n) is 10.7. The van der Waals surface area contributed by atoms with E-state index in [1.54, 1.807) is 28.9 Å². The number of hydrogen-bond acceptors (Lipinski definition) is 5. The molecule has 2 aromatic carbocycles. The molecule has 0 fully saturated rings. The minimum absolute atomic E-state index is 0.0825. The fourth-order valence-corrected chi connectivity index (χ4v) is 4.41. The van der Waals surface area contributed by atoms with Gasteiger partial charge in [0, 0.05) is 23.4 Å². The molecule has 162 valence electrons. The van der Waals surface area contributed by atoms with Crippen LogP contribution in [0.25, 0.3) is 0 Å². The Morgan fingerprint density at radius 2 is 1.91 bits per heavy atom. The second-order valence-electron chi connectivity index (χ2n) is 8.39. The molecule has 1 aliphatic carbocycles. The maximum atomic E-state index is 13.1. The number of phenolic OH excluding ortho intramolecular Hbond substituents is 1. The summed E-state index contributed by atoms with van der Waals surface area (Å²) in [6, 6.07) is 12.1. The molecule has 3 N–H and O–H groups in total. The number of rotatable bonds is 3. The third kappa shape index (κ3) is 3.36. The molecule has 0 radical (unpaired) electrons. The van der Waals surface area contributed by atoms with Crippen LogP contribution >= 0.6 is 0 Å². The quantitative estimate of drug-likeness (QED) is 0.572. The lowest BCUT2D eigenvalue weighted by atomic mass is 9.85. The van der Waals surface area contributed by atoms with E-state index in [0.717, 1.165) is 40.9 Å². The minimum Gasteiger partial charge on any atom is -0.508 e. The van der Waals surface area contributed by atoms with Gasteiger partial charge in [0.25, 0.3) is 5.91 Å². The van der Waals surface area contributed by atoms with Crippen molar-refractivity contribution < 1.29 is 14.7 Å². The molecule has 7 heteroatoms. The average molecular weight is 428 g/mol. The molecule has 3 aromatic rings. The Bertz CT molecular complexity index is 1270. The van der Waals surface area contributed by atoms with E-state index in [0.29, 0.717) is 23.4 Å². The molecule has 5 rings (SSSR count). The standard InChI is InChI=1S/C25H24N4O3/c1-14-6-9-17(12-15(14)2)27-25(32)19-13-26-29-23(16-7-10-18(30)11-8-16)22-20(28-24(19)29)4-3-5-21(22)31/h6-13,23,28,30H,3-5H2,1-2H3,(H,27,32)/t23-/m0/s1. The van der Waals surface area contributed by atoms with Crippen LogP contribution in [0.4, 0.5) is 11.5 Å². The van der Waals surface area contributed by atoms with Crippen molar-refractivity contribution in [2.24, 2.45) is 0 Å². The van der Waals surface area contributed by atoms with Gasteiger partial charge in [0.2, 0.25) is 0 Å². The molecule has 32 heavy (non-hydrogen) atoms. The van der Waals surface area contributed by atoms with Crippen LogP contribution in [-0.4, -0.2) is 26.6 Å². The molecule has 0 bridgehead atoms. The highest BCUT2D eigenvalue weighted by Gasteiger charge is 2.37. The van der Waals surface area contributed by atoms with Gasteiger partial charge in [-0.2, -0.15) is 5.10 Å². The van der Waals surface area contributed by atoms with Crippen molar-refractivity contribution in [2.75, 3.05) is 10.6 Å². The number of nitrogens with one attached hydrogen (secondary N) is 2.